The van der Waals surface area contributed by atoms with Crippen LogP contribution in [0.5, 0.6) is 0 Å². The number of anilines is 2. The molecule has 4 rings (SSSR count). The summed E-state index contributed by atoms with van der Waals surface area (Å²) in [7, 11) is 0. The van der Waals surface area contributed by atoms with Crippen LogP contribution >= 0.6 is 0 Å². The quantitative estimate of drug-likeness (QED) is 0.717. The maximum atomic E-state index is 12.9. The highest BCUT2D eigenvalue weighted by Gasteiger charge is 2.24. The highest BCUT2D eigenvalue weighted by molar-refractivity contribution is 5.93. The minimum Gasteiger partial charge on any atom is -0.363 e. The van der Waals surface area contributed by atoms with Crippen molar-refractivity contribution < 1.29 is 4.79 Å². The molecule has 1 aliphatic rings. The third-order valence-electron chi connectivity index (χ3n) is 4.95. The second-order valence-corrected chi connectivity index (χ2v) is 6.89. The van der Waals surface area contributed by atoms with Crippen LogP contribution in [0, 0.1) is 0 Å². The first-order valence-corrected chi connectivity index (χ1v) is 9.65. The van der Waals surface area contributed by atoms with E-state index in [0.29, 0.717) is 43.6 Å². The first kappa shape index (κ1) is 18.8. The maximum Gasteiger partial charge on any atom is 0.272 e. The molecule has 148 valence electrons. The number of nitrogens with one attached hydrogen (secondary N) is 1. The van der Waals surface area contributed by atoms with Crippen LogP contribution in [0.2, 0.25) is 0 Å². The van der Waals surface area contributed by atoms with Crippen LogP contribution in [0.15, 0.2) is 61.2 Å². The standard InChI is InChI=1S/C21H23N7O/c1-16(17-6-3-2-4-7-17)26-19-14-18(24-15-25-19)20(29)27-10-12-28(13-11-27)21-22-8-5-9-23-21/h2-9,14-16H,10-13H2,1H3,(H,24,25,26). The van der Waals surface area contributed by atoms with E-state index in [0.717, 1.165) is 5.56 Å². The van der Waals surface area contributed by atoms with Gasteiger partial charge in [-0.2, -0.15) is 0 Å². The van der Waals surface area contributed by atoms with Crippen LogP contribution in [0.3, 0.4) is 0 Å². The molecule has 8 heteroatoms. The molecule has 0 bridgehead atoms. The van der Waals surface area contributed by atoms with Crippen molar-refractivity contribution >= 4 is 17.7 Å². The molecule has 1 saturated heterocycles. The number of benzene rings is 1. The zero-order chi connectivity index (χ0) is 20.1. The molecule has 1 atom stereocenters. The number of amides is 1. The zero-order valence-electron chi connectivity index (χ0n) is 16.3. The highest BCUT2D eigenvalue weighted by atomic mass is 16.2. The van der Waals surface area contributed by atoms with Gasteiger partial charge in [-0.25, -0.2) is 19.9 Å². The van der Waals surface area contributed by atoms with Gasteiger partial charge in [0.05, 0.1) is 0 Å². The maximum absolute atomic E-state index is 12.9. The van der Waals surface area contributed by atoms with Gasteiger partial charge in [-0.05, 0) is 18.6 Å². The number of aromatic nitrogens is 4. The fourth-order valence-corrected chi connectivity index (χ4v) is 3.33. The number of piperazine rings is 1. The van der Waals surface area contributed by atoms with Gasteiger partial charge in [0.25, 0.3) is 5.91 Å². The Morgan fingerprint density at radius 1 is 0.966 bits per heavy atom. The van der Waals surface area contributed by atoms with Gasteiger partial charge in [0.1, 0.15) is 17.8 Å². The molecule has 0 saturated carbocycles. The minimum atomic E-state index is -0.0866. The third-order valence-corrected chi connectivity index (χ3v) is 4.95. The number of hydrogen-bond acceptors (Lipinski definition) is 7. The van der Waals surface area contributed by atoms with E-state index < -0.39 is 0 Å². The van der Waals surface area contributed by atoms with Crippen molar-refractivity contribution in [1.82, 2.24) is 24.8 Å². The van der Waals surface area contributed by atoms with Crippen molar-refractivity contribution in [2.45, 2.75) is 13.0 Å². The van der Waals surface area contributed by atoms with Gasteiger partial charge in [-0.15, -0.1) is 0 Å². The monoisotopic (exact) mass is 389 g/mol. The molecule has 2 aromatic heterocycles. The van der Waals surface area contributed by atoms with Crippen LogP contribution < -0.4 is 10.2 Å². The number of rotatable bonds is 5. The molecular weight excluding hydrogens is 366 g/mol. The molecule has 1 aromatic carbocycles. The zero-order valence-corrected chi connectivity index (χ0v) is 16.3. The van der Waals surface area contributed by atoms with Crippen LogP contribution in [-0.2, 0) is 0 Å². The van der Waals surface area contributed by atoms with E-state index in [-0.39, 0.29) is 11.9 Å². The van der Waals surface area contributed by atoms with Gasteiger partial charge in [0, 0.05) is 50.7 Å². The lowest BCUT2D eigenvalue weighted by Crippen LogP contribution is -2.49. The number of hydrogen-bond donors (Lipinski definition) is 1. The van der Waals surface area contributed by atoms with Gasteiger partial charge in [0.15, 0.2) is 0 Å². The van der Waals surface area contributed by atoms with E-state index in [2.05, 4.69) is 49.2 Å². The van der Waals surface area contributed by atoms with Crippen molar-refractivity contribution in [3.8, 4) is 0 Å². The predicted octanol–water partition coefficient (Wildman–Crippen LogP) is 2.40. The molecule has 8 nitrogen and oxygen atoms in total. The summed E-state index contributed by atoms with van der Waals surface area (Å²) in [6.45, 7) is 4.65. The Balaban J connectivity index is 1.39. The molecule has 1 unspecified atom stereocenters. The molecule has 1 amide bonds. The fourth-order valence-electron chi connectivity index (χ4n) is 3.33. The molecule has 0 radical (unpaired) electrons. The van der Waals surface area contributed by atoms with Crippen molar-refractivity contribution in [2.24, 2.45) is 0 Å². The lowest BCUT2D eigenvalue weighted by atomic mass is 10.1. The van der Waals surface area contributed by atoms with Gasteiger partial charge in [0.2, 0.25) is 5.95 Å². The molecular formula is C21H23N7O. The average Bonchev–Trinajstić information content (AvgIpc) is 2.80. The largest absolute Gasteiger partial charge is 0.363 e. The number of nitrogens with zero attached hydrogens (tertiary/aromatic N) is 6. The van der Waals surface area contributed by atoms with Gasteiger partial charge in [-0.1, -0.05) is 30.3 Å². The Hall–Kier alpha value is -3.55. The van der Waals surface area contributed by atoms with Gasteiger partial charge >= 0.3 is 0 Å². The summed E-state index contributed by atoms with van der Waals surface area (Å²) in [6.07, 6.45) is 4.89. The summed E-state index contributed by atoms with van der Waals surface area (Å²) >= 11 is 0. The molecule has 1 aliphatic heterocycles. The molecule has 3 aromatic rings. The smallest absolute Gasteiger partial charge is 0.272 e. The minimum absolute atomic E-state index is 0.0727. The van der Waals surface area contributed by atoms with Crippen molar-refractivity contribution in [3.63, 3.8) is 0 Å². The van der Waals surface area contributed by atoms with Gasteiger partial charge < -0.3 is 15.1 Å². The summed E-state index contributed by atoms with van der Waals surface area (Å²) in [4.78, 5) is 33.8. The molecule has 0 spiro atoms. The van der Waals surface area contributed by atoms with Crippen molar-refractivity contribution in [1.29, 1.82) is 0 Å². The topological polar surface area (TPSA) is 87.1 Å². The Labute approximate surface area is 169 Å². The molecule has 1 fully saturated rings. The Morgan fingerprint density at radius 2 is 1.69 bits per heavy atom. The summed E-state index contributed by atoms with van der Waals surface area (Å²) in [6, 6.07) is 13.7. The fraction of sp³-hybridized carbons (Fsp3) is 0.286. The summed E-state index contributed by atoms with van der Waals surface area (Å²) in [5, 5.41) is 3.34. The van der Waals surface area contributed by atoms with E-state index in [1.54, 1.807) is 24.5 Å². The van der Waals surface area contributed by atoms with Crippen LogP contribution in [0.4, 0.5) is 11.8 Å². The average molecular weight is 389 g/mol. The second-order valence-electron chi connectivity index (χ2n) is 6.89. The first-order valence-electron chi connectivity index (χ1n) is 9.65. The van der Waals surface area contributed by atoms with Crippen molar-refractivity contribution in [2.75, 3.05) is 36.4 Å². The number of carbonyl (C=O) groups excluding carboxylic acids is 1. The molecule has 0 aliphatic carbocycles. The lowest BCUT2D eigenvalue weighted by Gasteiger charge is -2.34. The van der Waals surface area contributed by atoms with E-state index >= 15 is 0 Å². The van der Waals surface area contributed by atoms with Crippen molar-refractivity contribution in [3.05, 3.63) is 72.4 Å². The third kappa shape index (κ3) is 4.48. The van der Waals surface area contributed by atoms with E-state index in [1.807, 2.05) is 23.1 Å². The second kappa shape index (κ2) is 8.64. The van der Waals surface area contributed by atoms with E-state index in [4.69, 9.17) is 0 Å². The van der Waals surface area contributed by atoms with Crippen LogP contribution in [-0.4, -0.2) is 56.9 Å². The lowest BCUT2D eigenvalue weighted by molar-refractivity contribution is 0.0740. The molecule has 29 heavy (non-hydrogen) atoms. The van der Waals surface area contributed by atoms with E-state index in [9.17, 15) is 4.79 Å². The highest BCUT2D eigenvalue weighted by Crippen LogP contribution is 2.18. The SMILES string of the molecule is CC(Nc1cc(C(=O)N2CCN(c3ncccn3)CC2)ncn1)c1ccccc1. The first-order chi connectivity index (χ1) is 14.2. The Kier molecular flexibility index (Phi) is 5.60. The predicted molar refractivity (Wildman–Crippen MR) is 111 cm³/mol. The Bertz CT molecular complexity index is 944. The normalized spacial score (nSPS) is 15.1. The summed E-state index contributed by atoms with van der Waals surface area (Å²) in [5.74, 6) is 1.25. The van der Waals surface area contributed by atoms with E-state index in [1.165, 1.54) is 6.33 Å². The summed E-state index contributed by atoms with van der Waals surface area (Å²) < 4.78 is 0. The molecule has 1 N–H and O–H groups in total. The van der Waals surface area contributed by atoms with Crippen LogP contribution in [0.25, 0.3) is 0 Å². The number of carbonyl (C=O) groups is 1. The van der Waals surface area contributed by atoms with Crippen LogP contribution in [0.1, 0.15) is 29.0 Å². The Morgan fingerprint density at radius 3 is 2.41 bits per heavy atom. The van der Waals surface area contributed by atoms with Gasteiger partial charge in [-0.3, -0.25) is 4.79 Å². The summed E-state index contributed by atoms with van der Waals surface area (Å²) in [5.41, 5.74) is 1.55. The molecule has 3 heterocycles.